The zero-order chi connectivity index (χ0) is 11.7. The van der Waals surface area contributed by atoms with Gasteiger partial charge in [-0.3, -0.25) is 0 Å². The number of aryl methyl sites for hydroxylation is 2. The van der Waals surface area contributed by atoms with E-state index in [0.29, 0.717) is 0 Å². The van der Waals surface area contributed by atoms with Crippen LogP contribution in [0.4, 0.5) is 0 Å². The maximum absolute atomic E-state index is 5.70. The third-order valence-electron chi connectivity index (χ3n) is 3.34. The molecule has 0 atom stereocenters. The Morgan fingerprint density at radius 3 is 2.00 bits per heavy atom. The lowest BCUT2D eigenvalue weighted by Gasteiger charge is -2.14. The third-order valence-corrected chi connectivity index (χ3v) is 3.46. The Balaban J connectivity index is 2.94. The van der Waals surface area contributed by atoms with Crippen LogP contribution in [-0.4, -0.2) is 0 Å². The van der Waals surface area contributed by atoms with Crippen LogP contribution in [0.2, 0.25) is 0 Å². The van der Waals surface area contributed by atoms with Crippen LogP contribution in [0.5, 0.6) is 0 Å². The first-order chi connectivity index (χ1) is 7.66. The lowest BCUT2D eigenvalue weighted by Crippen LogP contribution is -1.93. The van der Waals surface area contributed by atoms with Gasteiger partial charge >= 0.3 is 0 Å². The van der Waals surface area contributed by atoms with E-state index in [0.717, 1.165) is 0 Å². The Labute approximate surface area is 102 Å². The van der Waals surface area contributed by atoms with Crippen molar-refractivity contribution in [2.45, 2.75) is 20.8 Å². The number of halogens is 1. The molecule has 0 heterocycles. The minimum Gasteiger partial charge on any atom is -0.0929 e. The predicted octanol–water partition coefficient (Wildman–Crippen LogP) is 4.97. The first-order valence-corrected chi connectivity index (χ1v) is 5.85. The molecule has 0 saturated heterocycles. The summed E-state index contributed by atoms with van der Waals surface area (Å²) in [6.07, 6.45) is 1.98. The molecule has 0 spiro atoms. The SMILES string of the molecule is Cc1c(C=CCl)c(C)c2ccccc2c1C. The molecule has 0 aliphatic carbocycles. The van der Waals surface area contributed by atoms with Crippen molar-refractivity contribution in [1.29, 1.82) is 0 Å². The highest BCUT2D eigenvalue weighted by Crippen LogP contribution is 2.30. The molecule has 0 aromatic heterocycles. The second-order valence-electron chi connectivity index (χ2n) is 4.13. The summed E-state index contributed by atoms with van der Waals surface area (Å²) in [4.78, 5) is 0. The molecule has 0 unspecified atom stereocenters. The molecule has 2 rings (SSSR count). The Morgan fingerprint density at radius 1 is 0.875 bits per heavy atom. The molecule has 0 radical (unpaired) electrons. The molecule has 0 aliphatic rings. The Bertz CT molecular complexity index is 565. The van der Waals surface area contributed by atoms with Gasteiger partial charge in [0.1, 0.15) is 0 Å². The molecule has 0 N–H and O–H groups in total. The molecule has 2 aromatic rings. The van der Waals surface area contributed by atoms with E-state index in [1.54, 1.807) is 5.54 Å². The summed E-state index contributed by atoms with van der Waals surface area (Å²) < 4.78 is 0. The van der Waals surface area contributed by atoms with Crippen LogP contribution in [0.3, 0.4) is 0 Å². The molecular formula is C15H15Cl. The standard InChI is InChI=1S/C15H15Cl/c1-10-11(2)14-6-4-5-7-15(14)12(3)13(10)8-9-16/h4-9H,1-3H3. The zero-order valence-electron chi connectivity index (χ0n) is 9.84. The molecule has 0 saturated carbocycles. The summed E-state index contributed by atoms with van der Waals surface area (Å²) in [5.41, 5.74) is 6.78. The van der Waals surface area contributed by atoms with Gasteiger partial charge in [-0.25, -0.2) is 0 Å². The number of fused-ring (bicyclic) bond motifs is 1. The molecule has 0 bridgehead atoms. The summed E-state index contributed by atoms with van der Waals surface area (Å²) in [5.74, 6) is 0. The normalized spacial score (nSPS) is 11.5. The van der Waals surface area contributed by atoms with Crippen LogP contribution < -0.4 is 0 Å². The number of hydrogen-bond donors (Lipinski definition) is 0. The lowest BCUT2D eigenvalue weighted by atomic mass is 9.91. The highest BCUT2D eigenvalue weighted by molar-refractivity contribution is 6.27. The van der Waals surface area contributed by atoms with E-state index in [1.807, 2.05) is 6.08 Å². The largest absolute Gasteiger partial charge is 0.0929 e. The summed E-state index contributed by atoms with van der Waals surface area (Å²) in [7, 11) is 0. The number of rotatable bonds is 1. The molecule has 2 aromatic carbocycles. The van der Waals surface area contributed by atoms with Crippen LogP contribution in [-0.2, 0) is 0 Å². The van der Waals surface area contributed by atoms with Crippen LogP contribution in [0, 0.1) is 20.8 Å². The van der Waals surface area contributed by atoms with Gasteiger partial charge in [0.25, 0.3) is 0 Å². The molecular weight excluding hydrogens is 216 g/mol. The molecule has 82 valence electrons. The molecule has 0 nitrogen and oxygen atoms in total. The fraction of sp³-hybridized carbons (Fsp3) is 0.200. The van der Waals surface area contributed by atoms with Crippen LogP contribution >= 0.6 is 11.6 Å². The van der Waals surface area contributed by atoms with Gasteiger partial charge in [0.15, 0.2) is 0 Å². The van der Waals surface area contributed by atoms with Crippen molar-refractivity contribution in [3.05, 3.63) is 52.1 Å². The Kier molecular flexibility index (Phi) is 3.02. The van der Waals surface area contributed by atoms with Crippen molar-refractivity contribution >= 4 is 28.4 Å². The van der Waals surface area contributed by atoms with E-state index in [2.05, 4.69) is 45.0 Å². The minimum absolute atomic E-state index is 1.24. The molecule has 0 fully saturated rings. The average Bonchev–Trinajstić information content (AvgIpc) is 2.32. The maximum Gasteiger partial charge on any atom is 0.00486 e. The monoisotopic (exact) mass is 230 g/mol. The van der Waals surface area contributed by atoms with Crippen LogP contribution in [0.1, 0.15) is 22.3 Å². The van der Waals surface area contributed by atoms with Gasteiger partial charge in [-0.1, -0.05) is 35.9 Å². The van der Waals surface area contributed by atoms with Gasteiger partial charge < -0.3 is 0 Å². The van der Waals surface area contributed by atoms with E-state index in [-0.39, 0.29) is 0 Å². The van der Waals surface area contributed by atoms with E-state index >= 15 is 0 Å². The Morgan fingerprint density at radius 2 is 1.44 bits per heavy atom. The average molecular weight is 231 g/mol. The first kappa shape index (κ1) is 11.2. The molecule has 16 heavy (non-hydrogen) atoms. The van der Waals surface area contributed by atoms with E-state index in [9.17, 15) is 0 Å². The van der Waals surface area contributed by atoms with Crippen molar-refractivity contribution in [1.82, 2.24) is 0 Å². The van der Waals surface area contributed by atoms with Gasteiger partial charge in [0, 0.05) is 5.54 Å². The van der Waals surface area contributed by atoms with Gasteiger partial charge in [-0.2, -0.15) is 0 Å². The quantitative estimate of drug-likeness (QED) is 0.649. The minimum atomic E-state index is 1.24. The summed E-state index contributed by atoms with van der Waals surface area (Å²) >= 11 is 5.70. The number of hydrogen-bond acceptors (Lipinski definition) is 0. The topological polar surface area (TPSA) is 0 Å². The van der Waals surface area contributed by atoms with E-state index in [4.69, 9.17) is 11.6 Å². The van der Waals surface area contributed by atoms with E-state index in [1.165, 1.54) is 33.0 Å². The smallest absolute Gasteiger partial charge is 0.00486 e. The second kappa shape index (κ2) is 4.31. The fourth-order valence-corrected chi connectivity index (χ4v) is 2.41. The van der Waals surface area contributed by atoms with Crippen molar-refractivity contribution < 1.29 is 0 Å². The van der Waals surface area contributed by atoms with Crippen molar-refractivity contribution in [2.75, 3.05) is 0 Å². The summed E-state index contributed by atoms with van der Waals surface area (Å²) in [6.45, 7) is 6.48. The van der Waals surface area contributed by atoms with Crippen molar-refractivity contribution in [2.24, 2.45) is 0 Å². The van der Waals surface area contributed by atoms with Crippen LogP contribution in [0.25, 0.3) is 16.8 Å². The van der Waals surface area contributed by atoms with Gasteiger partial charge in [0.05, 0.1) is 0 Å². The highest BCUT2D eigenvalue weighted by Gasteiger charge is 2.08. The second-order valence-corrected chi connectivity index (χ2v) is 4.38. The van der Waals surface area contributed by atoms with E-state index < -0.39 is 0 Å². The predicted molar refractivity (Wildman–Crippen MR) is 73.0 cm³/mol. The van der Waals surface area contributed by atoms with Crippen LogP contribution in [0.15, 0.2) is 29.8 Å². The summed E-state index contributed by atoms with van der Waals surface area (Å²) in [6, 6.07) is 8.52. The molecule has 1 heteroatoms. The van der Waals surface area contributed by atoms with Gasteiger partial charge in [-0.05, 0) is 59.9 Å². The molecule has 0 aliphatic heterocycles. The Hall–Kier alpha value is -1.27. The number of benzene rings is 2. The lowest BCUT2D eigenvalue weighted by molar-refractivity contribution is 1.32. The fourth-order valence-electron chi connectivity index (χ4n) is 2.28. The van der Waals surface area contributed by atoms with Crippen molar-refractivity contribution in [3.63, 3.8) is 0 Å². The van der Waals surface area contributed by atoms with Gasteiger partial charge in [-0.15, -0.1) is 0 Å². The molecule has 0 amide bonds. The van der Waals surface area contributed by atoms with Gasteiger partial charge in [0.2, 0.25) is 0 Å². The first-order valence-electron chi connectivity index (χ1n) is 5.42. The summed E-state index contributed by atoms with van der Waals surface area (Å²) in [5, 5.41) is 2.65. The highest BCUT2D eigenvalue weighted by atomic mass is 35.5. The maximum atomic E-state index is 5.70. The van der Waals surface area contributed by atoms with Crippen molar-refractivity contribution in [3.8, 4) is 0 Å². The third kappa shape index (κ3) is 1.64. The zero-order valence-corrected chi connectivity index (χ0v) is 10.6.